The lowest BCUT2D eigenvalue weighted by molar-refractivity contribution is 0.0861. The van der Waals surface area contributed by atoms with Gasteiger partial charge in [-0.15, -0.1) is 0 Å². The van der Waals surface area contributed by atoms with Gasteiger partial charge in [-0.2, -0.15) is 4.37 Å². The summed E-state index contributed by atoms with van der Waals surface area (Å²) in [5.41, 5.74) is 7.01. The fourth-order valence-corrected chi connectivity index (χ4v) is 3.48. The van der Waals surface area contributed by atoms with Gasteiger partial charge in [-0.25, -0.2) is 0 Å². The predicted octanol–water partition coefficient (Wildman–Crippen LogP) is 1.57. The van der Waals surface area contributed by atoms with Gasteiger partial charge in [0.05, 0.1) is 18.9 Å². The summed E-state index contributed by atoms with van der Waals surface area (Å²) >= 11 is 0.914. The first-order valence-electron chi connectivity index (χ1n) is 8.64. The van der Waals surface area contributed by atoms with Gasteiger partial charge in [0.15, 0.2) is 5.69 Å². The molecule has 1 unspecified atom stereocenters. The number of ether oxygens (including phenoxy) is 2. The van der Waals surface area contributed by atoms with Crippen LogP contribution < -0.4 is 21.1 Å². The molecule has 1 fully saturated rings. The number of hydrogen-bond acceptors (Lipinski definition) is 7. The van der Waals surface area contributed by atoms with E-state index in [1.807, 2.05) is 24.3 Å². The van der Waals surface area contributed by atoms with Gasteiger partial charge in [0.1, 0.15) is 10.6 Å². The van der Waals surface area contributed by atoms with Crippen molar-refractivity contribution < 1.29 is 19.1 Å². The molecular weight excluding hydrogens is 368 g/mol. The monoisotopic (exact) mass is 390 g/mol. The third-order valence-corrected chi connectivity index (χ3v) is 5.11. The molecule has 0 radical (unpaired) electrons. The molecule has 2 aromatic rings. The van der Waals surface area contributed by atoms with Crippen molar-refractivity contribution in [1.82, 2.24) is 15.0 Å². The summed E-state index contributed by atoms with van der Waals surface area (Å²) in [5.74, 6) is -0.0581. The standard InChI is InChI=1S/C18H22N4O4S/c1-25-12-5-2-4-11(8-12)9-20-17(23)15-14(19)16(27-22-15)18(24)21-10-13-6-3-7-26-13/h2,4-5,8,13H,3,6-7,9-10,19H2,1H3,(H,20,23)(H,21,24). The molecule has 1 aromatic heterocycles. The molecular formula is C18H22N4O4S. The fourth-order valence-electron chi connectivity index (χ4n) is 2.77. The molecule has 1 atom stereocenters. The van der Waals surface area contributed by atoms with Gasteiger partial charge in [-0.3, -0.25) is 9.59 Å². The van der Waals surface area contributed by atoms with Crippen LogP contribution in [0, 0.1) is 0 Å². The molecule has 1 aliphatic heterocycles. The second-order valence-electron chi connectivity index (χ2n) is 6.15. The Bertz CT molecular complexity index is 817. The number of nitrogens with zero attached hydrogens (tertiary/aromatic N) is 1. The van der Waals surface area contributed by atoms with Crippen molar-refractivity contribution in [3.63, 3.8) is 0 Å². The maximum atomic E-state index is 12.4. The Morgan fingerprint density at radius 2 is 2.22 bits per heavy atom. The van der Waals surface area contributed by atoms with E-state index < -0.39 is 5.91 Å². The fraction of sp³-hybridized carbons (Fsp3) is 0.389. The van der Waals surface area contributed by atoms with Crippen LogP contribution >= 0.6 is 11.5 Å². The number of anilines is 1. The Morgan fingerprint density at radius 1 is 1.37 bits per heavy atom. The Kier molecular flexibility index (Phi) is 6.25. The highest BCUT2D eigenvalue weighted by atomic mass is 32.1. The number of nitrogens with two attached hydrogens (primary N) is 1. The Labute approximate surface area is 161 Å². The summed E-state index contributed by atoms with van der Waals surface area (Å²) in [6.45, 7) is 1.45. The predicted molar refractivity (Wildman–Crippen MR) is 102 cm³/mol. The van der Waals surface area contributed by atoms with Crippen molar-refractivity contribution >= 4 is 29.0 Å². The van der Waals surface area contributed by atoms with Crippen molar-refractivity contribution in [3.8, 4) is 5.75 Å². The van der Waals surface area contributed by atoms with Crippen molar-refractivity contribution in [3.05, 3.63) is 40.4 Å². The molecule has 8 nitrogen and oxygen atoms in total. The van der Waals surface area contributed by atoms with Crippen molar-refractivity contribution in [2.24, 2.45) is 0 Å². The SMILES string of the molecule is COc1cccc(CNC(=O)c2nsc(C(=O)NCC3CCCO3)c2N)c1. The topological polar surface area (TPSA) is 116 Å². The maximum Gasteiger partial charge on any atom is 0.273 e. The van der Waals surface area contributed by atoms with Crippen LogP contribution in [-0.2, 0) is 11.3 Å². The van der Waals surface area contributed by atoms with Crippen LogP contribution in [0.15, 0.2) is 24.3 Å². The van der Waals surface area contributed by atoms with Gasteiger partial charge in [-0.05, 0) is 42.1 Å². The van der Waals surface area contributed by atoms with Crippen LogP contribution in [0.25, 0.3) is 0 Å². The van der Waals surface area contributed by atoms with Crippen LogP contribution in [0.1, 0.15) is 38.6 Å². The first-order valence-corrected chi connectivity index (χ1v) is 9.42. The van der Waals surface area contributed by atoms with Crippen molar-refractivity contribution in [2.75, 3.05) is 26.0 Å². The molecule has 2 amide bonds. The number of aromatic nitrogens is 1. The summed E-state index contributed by atoms with van der Waals surface area (Å²) in [7, 11) is 1.58. The molecule has 4 N–H and O–H groups in total. The van der Waals surface area contributed by atoms with E-state index in [9.17, 15) is 9.59 Å². The van der Waals surface area contributed by atoms with E-state index in [-0.39, 0.29) is 28.3 Å². The van der Waals surface area contributed by atoms with Gasteiger partial charge in [0.2, 0.25) is 0 Å². The molecule has 1 saturated heterocycles. The lowest BCUT2D eigenvalue weighted by Gasteiger charge is -2.10. The van der Waals surface area contributed by atoms with Crippen LogP contribution in [0.4, 0.5) is 5.69 Å². The number of methoxy groups -OCH3 is 1. The Morgan fingerprint density at radius 3 is 2.96 bits per heavy atom. The van der Waals surface area contributed by atoms with E-state index in [4.69, 9.17) is 15.2 Å². The number of nitrogen functional groups attached to an aromatic ring is 1. The first-order chi connectivity index (χ1) is 13.1. The molecule has 0 saturated carbocycles. The average molecular weight is 390 g/mol. The van der Waals surface area contributed by atoms with E-state index in [1.54, 1.807) is 7.11 Å². The smallest absolute Gasteiger partial charge is 0.273 e. The number of amides is 2. The van der Waals surface area contributed by atoms with E-state index >= 15 is 0 Å². The number of rotatable bonds is 7. The van der Waals surface area contributed by atoms with Crippen molar-refractivity contribution in [1.29, 1.82) is 0 Å². The van der Waals surface area contributed by atoms with E-state index in [1.165, 1.54) is 0 Å². The summed E-state index contributed by atoms with van der Waals surface area (Å²) in [6, 6.07) is 7.37. The minimum Gasteiger partial charge on any atom is -0.497 e. The highest BCUT2D eigenvalue weighted by Crippen LogP contribution is 2.22. The number of carbonyl (C=O) groups excluding carboxylic acids is 2. The lowest BCUT2D eigenvalue weighted by Crippen LogP contribution is -2.31. The Balaban J connectivity index is 1.58. The lowest BCUT2D eigenvalue weighted by atomic mass is 10.2. The van der Waals surface area contributed by atoms with Gasteiger partial charge >= 0.3 is 0 Å². The molecule has 0 bridgehead atoms. The normalized spacial score (nSPS) is 16.1. The third-order valence-electron chi connectivity index (χ3n) is 4.25. The van der Waals surface area contributed by atoms with Gasteiger partial charge in [0.25, 0.3) is 11.8 Å². The maximum absolute atomic E-state index is 12.4. The number of benzene rings is 1. The average Bonchev–Trinajstić information content (AvgIpc) is 3.34. The molecule has 0 aliphatic carbocycles. The molecule has 27 heavy (non-hydrogen) atoms. The van der Waals surface area contributed by atoms with Gasteiger partial charge < -0.3 is 25.8 Å². The Hall–Kier alpha value is -2.65. The van der Waals surface area contributed by atoms with Crippen LogP contribution in [0.2, 0.25) is 0 Å². The van der Waals surface area contributed by atoms with Crippen molar-refractivity contribution in [2.45, 2.75) is 25.5 Å². The van der Waals surface area contributed by atoms with E-state index in [0.717, 1.165) is 36.5 Å². The summed E-state index contributed by atoms with van der Waals surface area (Å²) in [6.07, 6.45) is 1.96. The largest absolute Gasteiger partial charge is 0.497 e. The van der Waals surface area contributed by atoms with Crippen LogP contribution in [-0.4, -0.2) is 42.6 Å². The molecule has 2 heterocycles. The zero-order chi connectivity index (χ0) is 19.2. The zero-order valence-electron chi connectivity index (χ0n) is 15.0. The third kappa shape index (κ3) is 4.75. The molecule has 144 valence electrons. The van der Waals surface area contributed by atoms with E-state index in [2.05, 4.69) is 15.0 Å². The number of carbonyl (C=O) groups is 2. The molecule has 9 heteroatoms. The second kappa shape index (κ2) is 8.83. The molecule has 0 spiro atoms. The van der Waals surface area contributed by atoms with Gasteiger partial charge in [-0.1, -0.05) is 12.1 Å². The minimum atomic E-state index is -0.426. The second-order valence-corrected chi connectivity index (χ2v) is 6.93. The summed E-state index contributed by atoms with van der Waals surface area (Å²) in [5, 5.41) is 5.54. The summed E-state index contributed by atoms with van der Waals surface area (Å²) < 4.78 is 14.7. The van der Waals surface area contributed by atoms with Gasteiger partial charge in [0, 0.05) is 19.7 Å². The highest BCUT2D eigenvalue weighted by molar-refractivity contribution is 7.09. The molecule has 1 aromatic carbocycles. The number of nitrogens with one attached hydrogen (secondary N) is 2. The van der Waals surface area contributed by atoms with Crippen LogP contribution in [0.3, 0.4) is 0 Å². The molecule has 3 rings (SSSR count). The zero-order valence-corrected chi connectivity index (χ0v) is 15.8. The quantitative estimate of drug-likeness (QED) is 0.661. The van der Waals surface area contributed by atoms with Crippen LogP contribution in [0.5, 0.6) is 5.75 Å². The number of hydrogen-bond donors (Lipinski definition) is 3. The molecule has 1 aliphatic rings. The highest BCUT2D eigenvalue weighted by Gasteiger charge is 2.23. The van der Waals surface area contributed by atoms with E-state index in [0.29, 0.717) is 18.8 Å². The summed E-state index contributed by atoms with van der Waals surface area (Å²) in [4.78, 5) is 24.9. The minimum absolute atomic E-state index is 0.0359. The first kappa shape index (κ1) is 19.1.